The molecule has 0 aliphatic carbocycles. The van der Waals surface area contributed by atoms with Crippen LogP contribution in [0.2, 0.25) is 0 Å². The number of aryl methyl sites for hydroxylation is 1. The molecule has 3 rings (SSSR count). The Labute approximate surface area is 143 Å². The molecule has 2 saturated heterocycles. The number of rotatable bonds is 6. The summed E-state index contributed by atoms with van der Waals surface area (Å²) in [6.45, 7) is 4.79. The second-order valence-electron chi connectivity index (χ2n) is 6.63. The minimum atomic E-state index is 0.196. The van der Waals surface area contributed by atoms with Crippen LogP contribution in [0.1, 0.15) is 18.4 Å². The maximum absolute atomic E-state index is 12.6. The van der Waals surface area contributed by atoms with Gasteiger partial charge in [0.25, 0.3) is 0 Å². The zero-order chi connectivity index (χ0) is 16.9. The molecule has 0 radical (unpaired) electrons. The number of hydrogen-bond acceptors (Lipinski definition) is 5. The van der Waals surface area contributed by atoms with Crippen LogP contribution in [0, 0.1) is 0 Å². The molecule has 134 valence electrons. The molecule has 1 aromatic rings. The van der Waals surface area contributed by atoms with E-state index in [0.29, 0.717) is 19.1 Å². The molecule has 1 amide bonds. The average Bonchev–Trinajstić information content (AvgIpc) is 3.20. The molecule has 2 atom stereocenters. The molecule has 2 aliphatic heterocycles. The molecule has 0 spiro atoms. The van der Waals surface area contributed by atoms with Gasteiger partial charge in [-0.25, -0.2) is 0 Å². The molecule has 24 heavy (non-hydrogen) atoms. The lowest BCUT2D eigenvalue weighted by molar-refractivity contribution is -0.133. The third kappa shape index (κ3) is 3.96. The van der Waals surface area contributed by atoms with Crippen molar-refractivity contribution in [3.05, 3.63) is 18.0 Å². The molecule has 7 heteroatoms. The number of carbonyl (C=O) groups excluding carboxylic acids is 1. The van der Waals surface area contributed by atoms with E-state index in [1.54, 1.807) is 7.11 Å². The van der Waals surface area contributed by atoms with Crippen LogP contribution >= 0.6 is 0 Å². The van der Waals surface area contributed by atoms with E-state index in [2.05, 4.69) is 14.9 Å². The second kappa shape index (κ2) is 8.09. The Morgan fingerprint density at radius 1 is 1.38 bits per heavy atom. The quantitative estimate of drug-likeness (QED) is 0.748. The van der Waals surface area contributed by atoms with Gasteiger partial charge >= 0.3 is 0 Å². The summed E-state index contributed by atoms with van der Waals surface area (Å²) < 4.78 is 12.4. The first-order chi connectivity index (χ1) is 11.7. The van der Waals surface area contributed by atoms with E-state index in [4.69, 9.17) is 9.47 Å². The van der Waals surface area contributed by atoms with Crippen LogP contribution in [0.5, 0.6) is 0 Å². The fourth-order valence-electron chi connectivity index (χ4n) is 3.88. The van der Waals surface area contributed by atoms with Crippen LogP contribution in [0.15, 0.2) is 12.4 Å². The summed E-state index contributed by atoms with van der Waals surface area (Å²) in [4.78, 5) is 17.2. The smallest absolute Gasteiger partial charge is 0.225 e. The lowest BCUT2D eigenvalue weighted by Gasteiger charge is -2.37. The minimum absolute atomic E-state index is 0.196. The Morgan fingerprint density at radius 2 is 2.17 bits per heavy atom. The summed E-state index contributed by atoms with van der Waals surface area (Å²) in [7, 11) is 3.57. The standard InChI is InChI=1S/C17H28N4O3/c1-19-13-14(12-18-19)11-16-15(20-6-9-24-10-7-20)3-5-21(16)17(22)4-8-23-2/h12-13,15-16H,3-11H2,1-2H3/t15-,16+/m0/s1. The molecule has 1 aromatic heterocycles. The first kappa shape index (κ1) is 17.4. The summed E-state index contributed by atoms with van der Waals surface area (Å²) >= 11 is 0. The number of nitrogens with zero attached hydrogens (tertiary/aromatic N) is 4. The largest absolute Gasteiger partial charge is 0.384 e. The molecule has 0 bridgehead atoms. The van der Waals surface area contributed by atoms with Gasteiger partial charge in [0.1, 0.15) is 0 Å². The van der Waals surface area contributed by atoms with E-state index < -0.39 is 0 Å². The lowest BCUT2D eigenvalue weighted by atomic mass is 10.00. The Hall–Kier alpha value is -1.44. The number of carbonyl (C=O) groups is 1. The van der Waals surface area contributed by atoms with Gasteiger partial charge in [-0.2, -0.15) is 5.10 Å². The van der Waals surface area contributed by atoms with Gasteiger partial charge in [0.2, 0.25) is 5.91 Å². The predicted molar refractivity (Wildman–Crippen MR) is 89.7 cm³/mol. The van der Waals surface area contributed by atoms with Gasteiger partial charge in [0, 0.05) is 46.0 Å². The SMILES string of the molecule is COCCC(=O)N1CC[C@H](N2CCOCC2)[C@H]1Cc1cnn(C)c1. The van der Waals surface area contributed by atoms with Crippen molar-refractivity contribution >= 4 is 5.91 Å². The van der Waals surface area contributed by atoms with Gasteiger partial charge in [0.15, 0.2) is 0 Å². The third-order valence-electron chi connectivity index (χ3n) is 5.07. The highest BCUT2D eigenvalue weighted by molar-refractivity contribution is 5.77. The summed E-state index contributed by atoms with van der Waals surface area (Å²) in [6, 6.07) is 0.609. The maximum atomic E-state index is 12.6. The van der Waals surface area contributed by atoms with E-state index in [0.717, 1.165) is 45.7 Å². The van der Waals surface area contributed by atoms with Gasteiger partial charge < -0.3 is 14.4 Å². The van der Waals surface area contributed by atoms with Crippen molar-refractivity contribution in [2.45, 2.75) is 31.3 Å². The van der Waals surface area contributed by atoms with Crippen LogP contribution in [-0.2, 0) is 27.7 Å². The number of amides is 1. The molecular weight excluding hydrogens is 308 g/mol. The number of likely N-dealkylation sites (tertiary alicyclic amines) is 1. The number of hydrogen-bond donors (Lipinski definition) is 0. The highest BCUT2D eigenvalue weighted by Gasteiger charge is 2.40. The topological polar surface area (TPSA) is 59.8 Å². The fraction of sp³-hybridized carbons (Fsp3) is 0.765. The van der Waals surface area contributed by atoms with Gasteiger partial charge in [-0.3, -0.25) is 14.4 Å². The fourth-order valence-corrected chi connectivity index (χ4v) is 3.88. The molecule has 7 nitrogen and oxygen atoms in total. The van der Waals surface area contributed by atoms with Crippen molar-refractivity contribution in [3.63, 3.8) is 0 Å². The molecule has 2 aliphatic rings. The van der Waals surface area contributed by atoms with Crippen molar-refractivity contribution in [2.75, 3.05) is 46.6 Å². The molecule has 2 fully saturated rings. The van der Waals surface area contributed by atoms with Crippen molar-refractivity contribution < 1.29 is 14.3 Å². The normalized spacial score (nSPS) is 25.3. The van der Waals surface area contributed by atoms with Crippen LogP contribution in [0.25, 0.3) is 0 Å². The molecule has 0 N–H and O–H groups in total. The first-order valence-electron chi connectivity index (χ1n) is 8.76. The highest BCUT2D eigenvalue weighted by atomic mass is 16.5. The van der Waals surface area contributed by atoms with E-state index in [9.17, 15) is 4.79 Å². The van der Waals surface area contributed by atoms with Gasteiger partial charge in [-0.1, -0.05) is 0 Å². The third-order valence-corrected chi connectivity index (χ3v) is 5.07. The molecule has 0 aromatic carbocycles. The Balaban J connectivity index is 1.73. The molecule has 0 unspecified atom stereocenters. The average molecular weight is 336 g/mol. The van der Waals surface area contributed by atoms with Gasteiger partial charge in [-0.15, -0.1) is 0 Å². The highest BCUT2D eigenvalue weighted by Crippen LogP contribution is 2.27. The number of methoxy groups -OCH3 is 1. The number of ether oxygens (including phenoxy) is 2. The van der Waals surface area contributed by atoms with Crippen molar-refractivity contribution in [1.29, 1.82) is 0 Å². The summed E-state index contributed by atoms with van der Waals surface area (Å²) in [6.07, 6.45) is 6.30. The Kier molecular flexibility index (Phi) is 5.86. The summed E-state index contributed by atoms with van der Waals surface area (Å²) in [5.41, 5.74) is 1.19. The van der Waals surface area contributed by atoms with Crippen molar-refractivity contribution in [1.82, 2.24) is 19.6 Å². The zero-order valence-electron chi connectivity index (χ0n) is 14.7. The first-order valence-corrected chi connectivity index (χ1v) is 8.76. The van der Waals surface area contributed by atoms with Gasteiger partial charge in [0.05, 0.1) is 38.5 Å². The number of morpholine rings is 1. The summed E-state index contributed by atoms with van der Waals surface area (Å²) in [5.74, 6) is 0.196. The number of aromatic nitrogens is 2. The monoisotopic (exact) mass is 336 g/mol. The molecular formula is C17H28N4O3. The van der Waals surface area contributed by atoms with Gasteiger partial charge in [-0.05, 0) is 18.4 Å². The Bertz CT molecular complexity index is 542. The summed E-state index contributed by atoms with van der Waals surface area (Å²) in [5, 5.41) is 4.28. The van der Waals surface area contributed by atoms with Crippen molar-refractivity contribution in [3.8, 4) is 0 Å². The van der Waals surface area contributed by atoms with E-state index in [1.807, 2.05) is 24.1 Å². The lowest BCUT2D eigenvalue weighted by Crippen LogP contribution is -2.51. The predicted octanol–water partition coefficient (Wildman–Crippen LogP) is 0.301. The van der Waals surface area contributed by atoms with Crippen LogP contribution in [0.4, 0.5) is 0 Å². The van der Waals surface area contributed by atoms with Crippen LogP contribution in [0.3, 0.4) is 0 Å². The Morgan fingerprint density at radius 3 is 2.83 bits per heavy atom. The molecule has 0 saturated carbocycles. The van der Waals surface area contributed by atoms with E-state index in [-0.39, 0.29) is 11.9 Å². The van der Waals surface area contributed by atoms with E-state index >= 15 is 0 Å². The van der Waals surface area contributed by atoms with Crippen molar-refractivity contribution in [2.24, 2.45) is 7.05 Å². The molecule has 3 heterocycles. The minimum Gasteiger partial charge on any atom is -0.384 e. The van der Waals surface area contributed by atoms with E-state index in [1.165, 1.54) is 5.56 Å². The second-order valence-corrected chi connectivity index (χ2v) is 6.63. The van der Waals surface area contributed by atoms with Crippen LogP contribution in [-0.4, -0.2) is 84.1 Å². The maximum Gasteiger partial charge on any atom is 0.225 e. The zero-order valence-corrected chi connectivity index (χ0v) is 14.7. The van der Waals surface area contributed by atoms with Crippen LogP contribution < -0.4 is 0 Å².